The molecular weight excluding hydrogens is 268 g/mol. The van der Waals surface area contributed by atoms with Crippen molar-refractivity contribution in [2.24, 2.45) is 5.41 Å². The number of hydrogen-bond acceptors (Lipinski definition) is 1. The average molecular weight is 313 g/mol. The molecule has 1 heteroatoms. The van der Waals surface area contributed by atoms with Gasteiger partial charge in [0.15, 0.2) is 0 Å². The molecule has 1 atom stereocenters. The Bertz CT molecular complexity index is 212. The Morgan fingerprint density at radius 2 is 1.14 bits per heavy atom. The lowest BCUT2D eigenvalue weighted by atomic mass is 9.73. The van der Waals surface area contributed by atoms with Crippen molar-refractivity contribution in [3.05, 3.63) is 0 Å². The summed E-state index contributed by atoms with van der Waals surface area (Å²) in [6, 6.07) is 0. The summed E-state index contributed by atoms with van der Waals surface area (Å²) >= 11 is 0. The summed E-state index contributed by atoms with van der Waals surface area (Å²) < 4.78 is 6.41. The van der Waals surface area contributed by atoms with E-state index in [1.54, 1.807) is 0 Å². The topological polar surface area (TPSA) is 9.23 Å². The van der Waals surface area contributed by atoms with E-state index in [0.29, 0.717) is 11.5 Å². The summed E-state index contributed by atoms with van der Waals surface area (Å²) in [5, 5.41) is 0. The van der Waals surface area contributed by atoms with Crippen LogP contribution in [0.2, 0.25) is 0 Å². The monoisotopic (exact) mass is 312 g/mol. The van der Waals surface area contributed by atoms with Gasteiger partial charge in [0.2, 0.25) is 0 Å². The molecule has 1 unspecified atom stereocenters. The smallest absolute Gasteiger partial charge is 0.0631 e. The molecule has 0 fully saturated rings. The van der Waals surface area contributed by atoms with Gasteiger partial charge in [-0.2, -0.15) is 0 Å². The predicted octanol–water partition coefficient (Wildman–Crippen LogP) is 7.53. The fourth-order valence-electron chi connectivity index (χ4n) is 3.69. The zero-order chi connectivity index (χ0) is 16.7. The van der Waals surface area contributed by atoms with Crippen molar-refractivity contribution >= 4 is 0 Å². The summed E-state index contributed by atoms with van der Waals surface area (Å²) in [6.07, 6.45) is 17.7. The van der Waals surface area contributed by atoms with Crippen molar-refractivity contribution in [2.75, 3.05) is 6.61 Å². The first-order chi connectivity index (χ1) is 10.7. The molecule has 0 amide bonds. The van der Waals surface area contributed by atoms with Crippen LogP contribution in [0.4, 0.5) is 0 Å². The van der Waals surface area contributed by atoms with Crippen molar-refractivity contribution in [1.82, 2.24) is 0 Å². The molecule has 0 heterocycles. The molecular formula is C21H44O. The Morgan fingerprint density at radius 1 is 0.636 bits per heavy atom. The first-order valence-electron chi connectivity index (χ1n) is 10.3. The second-order valence-corrected chi connectivity index (χ2v) is 7.05. The maximum absolute atomic E-state index is 6.41. The molecule has 0 spiro atoms. The minimum atomic E-state index is 0.412. The lowest BCUT2D eigenvalue weighted by Crippen LogP contribution is -2.36. The van der Waals surface area contributed by atoms with Crippen LogP contribution in [0.15, 0.2) is 0 Å². The Kier molecular flexibility index (Phi) is 14.5. The Labute approximate surface area is 141 Å². The molecule has 0 bridgehead atoms. The molecule has 0 aromatic rings. The first kappa shape index (κ1) is 22.0. The van der Waals surface area contributed by atoms with E-state index in [4.69, 9.17) is 4.74 Å². The van der Waals surface area contributed by atoms with E-state index in [-0.39, 0.29) is 0 Å². The highest BCUT2D eigenvalue weighted by Crippen LogP contribution is 2.38. The third-order valence-corrected chi connectivity index (χ3v) is 5.68. The fraction of sp³-hybridized carbons (Fsp3) is 1.00. The molecule has 134 valence electrons. The van der Waals surface area contributed by atoms with Crippen LogP contribution in [0.1, 0.15) is 118 Å². The molecule has 22 heavy (non-hydrogen) atoms. The van der Waals surface area contributed by atoms with E-state index in [0.717, 1.165) is 6.61 Å². The lowest BCUT2D eigenvalue weighted by Gasteiger charge is -2.39. The van der Waals surface area contributed by atoms with Crippen LogP contribution >= 0.6 is 0 Å². The molecule has 0 aromatic heterocycles. The summed E-state index contributed by atoms with van der Waals surface area (Å²) in [7, 11) is 0. The van der Waals surface area contributed by atoms with Crippen LogP contribution in [-0.4, -0.2) is 12.7 Å². The molecule has 0 aliphatic carbocycles. The summed E-state index contributed by atoms with van der Waals surface area (Å²) in [4.78, 5) is 0. The van der Waals surface area contributed by atoms with Gasteiger partial charge in [-0.15, -0.1) is 0 Å². The van der Waals surface area contributed by atoms with Gasteiger partial charge >= 0.3 is 0 Å². The molecule has 0 radical (unpaired) electrons. The summed E-state index contributed by atoms with van der Waals surface area (Å²) in [5.41, 5.74) is 0.412. The third kappa shape index (κ3) is 8.56. The van der Waals surface area contributed by atoms with Crippen molar-refractivity contribution in [1.29, 1.82) is 0 Å². The van der Waals surface area contributed by atoms with Gasteiger partial charge in [0, 0.05) is 6.61 Å². The molecule has 0 aliphatic rings. The lowest BCUT2D eigenvalue weighted by molar-refractivity contribution is -0.0557. The summed E-state index contributed by atoms with van der Waals surface area (Å²) in [5.74, 6) is 0. The average Bonchev–Trinajstić information content (AvgIpc) is 2.55. The summed E-state index contributed by atoms with van der Waals surface area (Å²) in [6.45, 7) is 12.6. The van der Waals surface area contributed by atoms with Gasteiger partial charge in [-0.25, -0.2) is 0 Å². The van der Waals surface area contributed by atoms with Gasteiger partial charge in [0.05, 0.1) is 6.10 Å². The van der Waals surface area contributed by atoms with Crippen LogP contribution < -0.4 is 0 Å². The SMILES string of the molecule is CCCCCCCCC(OCCCCC)C(CC)(CC)CC. The van der Waals surface area contributed by atoms with Crippen LogP contribution in [0, 0.1) is 5.41 Å². The van der Waals surface area contributed by atoms with Crippen molar-refractivity contribution in [3.8, 4) is 0 Å². The van der Waals surface area contributed by atoms with Gasteiger partial charge in [-0.3, -0.25) is 0 Å². The number of ether oxygens (including phenoxy) is 1. The largest absolute Gasteiger partial charge is 0.378 e. The van der Waals surface area contributed by atoms with Gasteiger partial charge in [0.25, 0.3) is 0 Å². The van der Waals surface area contributed by atoms with Crippen molar-refractivity contribution in [3.63, 3.8) is 0 Å². The fourth-order valence-corrected chi connectivity index (χ4v) is 3.69. The molecule has 0 aromatic carbocycles. The van der Waals surface area contributed by atoms with E-state index >= 15 is 0 Å². The maximum Gasteiger partial charge on any atom is 0.0631 e. The highest BCUT2D eigenvalue weighted by molar-refractivity contribution is 4.84. The third-order valence-electron chi connectivity index (χ3n) is 5.68. The second kappa shape index (κ2) is 14.5. The standard InChI is InChI=1S/C21H44O/c1-6-11-13-14-15-16-18-20(22-19-17-12-7-2)21(8-3,9-4)10-5/h20H,6-19H2,1-5H3. The first-order valence-corrected chi connectivity index (χ1v) is 10.3. The van der Waals surface area contributed by atoms with E-state index < -0.39 is 0 Å². The van der Waals surface area contributed by atoms with Crippen LogP contribution in [0.3, 0.4) is 0 Å². The normalized spacial score (nSPS) is 13.5. The van der Waals surface area contributed by atoms with Crippen LogP contribution in [-0.2, 0) is 4.74 Å². The zero-order valence-electron chi connectivity index (χ0n) is 16.4. The molecule has 1 nitrogen and oxygen atoms in total. The van der Waals surface area contributed by atoms with Gasteiger partial charge in [-0.1, -0.05) is 86.0 Å². The van der Waals surface area contributed by atoms with Crippen LogP contribution in [0.25, 0.3) is 0 Å². The quantitative estimate of drug-likeness (QED) is 0.268. The van der Waals surface area contributed by atoms with E-state index in [2.05, 4.69) is 34.6 Å². The molecule has 0 rings (SSSR count). The van der Waals surface area contributed by atoms with Gasteiger partial charge < -0.3 is 4.74 Å². The van der Waals surface area contributed by atoms with Crippen molar-refractivity contribution in [2.45, 2.75) is 124 Å². The zero-order valence-corrected chi connectivity index (χ0v) is 16.4. The van der Waals surface area contributed by atoms with E-state index in [1.807, 2.05) is 0 Å². The van der Waals surface area contributed by atoms with Gasteiger partial charge in [-0.05, 0) is 37.5 Å². The minimum Gasteiger partial charge on any atom is -0.378 e. The van der Waals surface area contributed by atoms with E-state index in [9.17, 15) is 0 Å². The minimum absolute atomic E-state index is 0.412. The highest BCUT2D eigenvalue weighted by Gasteiger charge is 2.34. The number of rotatable bonds is 16. The highest BCUT2D eigenvalue weighted by atomic mass is 16.5. The Hall–Kier alpha value is -0.0400. The number of unbranched alkanes of at least 4 members (excludes halogenated alkanes) is 7. The van der Waals surface area contributed by atoms with Crippen LogP contribution in [0.5, 0.6) is 0 Å². The second-order valence-electron chi connectivity index (χ2n) is 7.05. The molecule has 0 aliphatic heterocycles. The predicted molar refractivity (Wildman–Crippen MR) is 101 cm³/mol. The van der Waals surface area contributed by atoms with E-state index in [1.165, 1.54) is 83.5 Å². The number of hydrogen-bond donors (Lipinski definition) is 0. The molecule has 0 saturated carbocycles. The molecule has 0 saturated heterocycles. The van der Waals surface area contributed by atoms with Gasteiger partial charge in [0.1, 0.15) is 0 Å². The maximum atomic E-state index is 6.41. The Morgan fingerprint density at radius 3 is 1.68 bits per heavy atom. The van der Waals surface area contributed by atoms with Crippen molar-refractivity contribution < 1.29 is 4.74 Å². The molecule has 0 N–H and O–H groups in total. The Balaban J connectivity index is 4.32.